The Morgan fingerprint density at radius 1 is 1.22 bits per heavy atom. The second-order valence-electron chi connectivity index (χ2n) is 6.05. The first-order valence-corrected chi connectivity index (χ1v) is 8.34. The minimum Gasteiger partial charge on any atom is -0.396 e. The van der Waals surface area contributed by atoms with Gasteiger partial charge in [-0.15, -0.1) is 0 Å². The second-order valence-corrected chi connectivity index (χ2v) is 6.49. The molecule has 1 atom stereocenters. The van der Waals surface area contributed by atoms with Crippen LogP contribution < -0.4 is 0 Å². The minimum absolute atomic E-state index is 0.0672. The smallest absolute Gasteiger partial charge is 0.112 e. The fraction of sp³-hybridized carbons (Fsp3) is 0.500. The lowest BCUT2D eigenvalue weighted by atomic mass is 9.88. The maximum absolute atomic E-state index is 9.57. The molecule has 0 bridgehead atoms. The summed E-state index contributed by atoms with van der Waals surface area (Å²) >= 11 is 5.95. The molecule has 0 aliphatic carbocycles. The molecule has 0 saturated carbocycles. The molecule has 23 heavy (non-hydrogen) atoms. The Kier molecular flexibility index (Phi) is 6.22. The quantitative estimate of drug-likeness (QED) is 0.793. The third kappa shape index (κ3) is 4.14. The lowest BCUT2D eigenvalue weighted by Crippen LogP contribution is -2.34. The van der Waals surface area contributed by atoms with Crippen LogP contribution in [0, 0.1) is 0 Å². The van der Waals surface area contributed by atoms with Crippen molar-refractivity contribution in [2.75, 3.05) is 13.7 Å². The lowest BCUT2D eigenvalue weighted by molar-refractivity contribution is -0.0471. The molecule has 0 spiro atoms. The first kappa shape index (κ1) is 18.0. The Morgan fingerprint density at radius 2 is 1.91 bits per heavy atom. The van der Waals surface area contributed by atoms with E-state index in [2.05, 4.69) is 18.9 Å². The number of hydrogen-bond acceptors (Lipinski definition) is 3. The van der Waals surface area contributed by atoms with Crippen LogP contribution in [-0.4, -0.2) is 28.6 Å². The summed E-state index contributed by atoms with van der Waals surface area (Å²) in [5.74, 6) is 0. The highest BCUT2D eigenvalue weighted by atomic mass is 35.5. The first-order valence-electron chi connectivity index (χ1n) is 7.97. The molecular weight excluding hydrogens is 312 g/mol. The summed E-state index contributed by atoms with van der Waals surface area (Å²) in [5.41, 5.74) is 1.66. The Morgan fingerprint density at radius 3 is 2.48 bits per heavy atom. The van der Waals surface area contributed by atoms with Crippen LogP contribution in [0.2, 0.25) is 5.02 Å². The van der Waals surface area contributed by atoms with Crippen molar-refractivity contribution in [2.45, 2.75) is 44.8 Å². The normalized spacial score (nSPS) is 14.2. The van der Waals surface area contributed by atoms with Crippen LogP contribution in [0.25, 0.3) is 0 Å². The molecule has 0 fully saturated rings. The Balaban J connectivity index is 2.27. The lowest BCUT2D eigenvalue weighted by Gasteiger charge is -2.33. The maximum Gasteiger partial charge on any atom is 0.112 e. The van der Waals surface area contributed by atoms with E-state index in [1.165, 1.54) is 5.56 Å². The Bertz CT molecular complexity index is 610. The summed E-state index contributed by atoms with van der Waals surface area (Å²) in [6, 6.07) is 10.1. The molecule has 4 nitrogen and oxygen atoms in total. The highest BCUT2D eigenvalue weighted by Crippen LogP contribution is 2.35. The molecule has 0 amide bonds. The Labute approximate surface area is 143 Å². The number of nitrogens with zero attached hydrogens (tertiary/aromatic N) is 2. The number of rotatable bonds is 8. The van der Waals surface area contributed by atoms with E-state index >= 15 is 0 Å². The van der Waals surface area contributed by atoms with Crippen LogP contribution in [0.5, 0.6) is 0 Å². The van der Waals surface area contributed by atoms with Gasteiger partial charge in [-0.25, -0.2) is 0 Å². The van der Waals surface area contributed by atoms with Crippen molar-refractivity contribution in [2.24, 2.45) is 0 Å². The van der Waals surface area contributed by atoms with E-state index < -0.39 is 5.60 Å². The van der Waals surface area contributed by atoms with Crippen molar-refractivity contribution in [3.63, 3.8) is 0 Å². The maximum atomic E-state index is 9.57. The fourth-order valence-corrected chi connectivity index (χ4v) is 3.08. The van der Waals surface area contributed by atoms with Gasteiger partial charge in [0.15, 0.2) is 0 Å². The predicted molar refractivity (Wildman–Crippen MR) is 92.8 cm³/mol. The van der Waals surface area contributed by atoms with Crippen molar-refractivity contribution in [1.82, 2.24) is 9.78 Å². The van der Waals surface area contributed by atoms with E-state index in [0.717, 1.165) is 23.6 Å². The van der Waals surface area contributed by atoms with Gasteiger partial charge in [-0.1, -0.05) is 23.7 Å². The van der Waals surface area contributed by atoms with Crippen LogP contribution in [0.1, 0.15) is 44.0 Å². The number of aromatic nitrogens is 2. The number of halogens is 1. The fourth-order valence-electron chi connectivity index (χ4n) is 2.95. The zero-order chi connectivity index (χ0) is 16.9. The number of aryl methyl sites for hydroxylation is 1. The van der Waals surface area contributed by atoms with Crippen molar-refractivity contribution < 1.29 is 9.84 Å². The number of benzene rings is 1. The van der Waals surface area contributed by atoms with Crippen molar-refractivity contribution in [1.29, 1.82) is 0 Å². The van der Waals surface area contributed by atoms with Gasteiger partial charge in [0, 0.05) is 37.4 Å². The van der Waals surface area contributed by atoms with E-state index in [9.17, 15) is 5.11 Å². The molecule has 1 aromatic carbocycles. The third-order valence-electron chi connectivity index (χ3n) is 4.26. The van der Waals surface area contributed by atoms with E-state index in [1.807, 2.05) is 35.0 Å². The van der Waals surface area contributed by atoms with Crippen molar-refractivity contribution >= 4 is 11.6 Å². The largest absolute Gasteiger partial charge is 0.396 e. The van der Waals surface area contributed by atoms with Gasteiger partial charge in [-0.3, -0.25) is 4.68 Å². The van der Waals surface area contributed by atoms with E-state index in [1.54, 1.807) is 13.3 Å². The standard InChI is InChI=1S/C18H25ClN2O2/c1-14(2)21-17(9-12-20-21)18(23-3,11-13-22)10-8-15-4-6-16(19)7-5-15/h4-7,9,12,14,22H,8,10-11,13H2,1-3H3. The van der Waals surface area contributed by atoms with Gasteiger partial charge in [-0.2, -0.15) is 5.10 Å². The SMILES string of the molecule is COC(CCO)(CCc1ccc(Cl)cc1)c1ccnn1C(C)C. The number of methoxy groups -OCH3 is 1. The number of hydrogen-bond donors (Lipinski definition) is 1. The molecule has 1 N–H and O–H groups in total. The minimum atomic E-state index is -0.546. The molecule has 1 unspecified atom stereocenters. The van der Waals surface area contributed by atoms with Gasteiger partial charge in [-0.05, 0) is 50.5 Å². The topological polar surface area (TPSA) is 47.3 Å². The molecular formula is C18H25ClN2O2. The second kappa shape index (κ2) is 7.95. The van der Waals surface area contributed by atoms with Crippen LogP contribution in [0.4, 0.5) is 0 Å². The van der Waals surface area contributed by atoms with Gasteiger partial charge >= 0.3 is 0 Å². The summed E-state index contributed by atoms with van der Waals surface area (Å²) in [7, 11) is 1.70. The summed E-state index contributed by atoms with van der Waals surface area (Å²) in [5, 5.41) is 14.7. The van der Waals surface area contributed by atoms with Crippen LogP contribution in [0.3, 0.4) is 0 Å². The molecule has 1 aromatic heterocycles. The first-order chi connectivity index (χ1) is 11.0. The van der Waals surface area contributed by atoms with Gasteiger partial charge in [0.25, 0.3) is 0 Å². The molecule has 1 heterocycles. The van der Waals surface area contributed by atoms with E-state index in [4.69, 9.17) is 16.3 Å². The molecule has 126 valence electrons. The zero-order valence-electron chi connectivity index (χ0n) is 14.0. The van der Waals surface area contributed by atoms with Crippen LogP contribution in [0.15, 0.2) is 36.5 Å². The number of aliphatic hydroxyl groups excluding tert-OH is 1. The monoisotopic (exact) mass is 336 g/mol. The van der Waals surface area contributed by atoms with Gasteiger partial charge in [0.05, 0.1) is 5.69 Å². The average molecular weight is 337 g/mol. The van der Waals surface area contributed by atoms with Crippen molar-refractivity contribution in [3.8, 4) is 0 Å². The summed E-state index contributed by atoms with van der Waals surface area (Å²) in [6.45, 7) is 4.25. The third-order valence-corrected chi connectivity index (χ3v) is 4.52. The van der Waals surface area contributed by atoms with E-state index in [0.29, 0.717) is 6.42 Å². The molecule has 5 heteroatoms. The molecule has 0 aliphatic rings. The highest BCUT2D eigenvalue weighted by Gasteiger charge is 2.35. The predicted octanol–water partition coefficient (Wildman–Crippen LogP) is 3.97. The van der Waals surface area contributed by atoms with Gasteiger partial charge < -0.3 is 9.84 Å². The summed E-state index contributed by atoms with van der Waals surface area (Å²) in [6.07, 6.45) is 3.94. The van der Waals surface area contributed by atoms with Gasteiger partial charge in [0.1, 0.15) is 5.60 Å². The molecule has 0 saturated heterocycles. The molecule has 2 rings (SSSR count). The Hall–Kier alpha value is -1.36. The number of ether oxygens (including phenoxy) is 1. The van der Waals surface area contributed by atoms with Crippen LogP contribution >= 0.6 is 11.6 Å². The zero-order valence-corrected chi connectivity index (χ0v) is 14.8. The molecule has 0 radical (unpaired) electrons. The van der Waals surface area contributed by atoms with Crippen LogP contribution in [-0.2, 0) is 16.8 Å². The summed E-state index contributed by atoms with van der Waals surface area (Å²) in [4.78, 5) is 0. The molecule has 0 aliphatic heterocycles. The van der Waals surface area contributed by atoms with Crippen molar-refractivity contribution in [3.05, 3.63) is 52.8 Å². The average Bonchev–Trinajstić information content (AvgIpc) is 3.03. The number of aliphatic hydroxyl groups is 1. The summed E-state index contributed by atoms with van der Waals surface area (Å²) < 4.78 is 7.89. The van der Waals surface area contributed by atoms with E-state index in [-0.39, 0.29) is 12.6 Å². The highest BCUT2D eigenvalue weighted by molar-refractivity contribution is 6.30. The van der Waals surface area contributed by atoms with Gasteiger partial charge in [0.2, 0.25) is 0 Å². The molecule has 2 aromatic rings.